The summed E-state index contributed by atoms with van der Waals surface area (Å²) in [7, 11) is 0. The maximum Gasteiger partial charge on any atom is 0.417 e. The summed E-state index contributed by atoms with van der Waals surface area (Å²) in [4.78, 5) is 42.3. The lowest BCUT2D eigenvalue weighted by atomic mass is 9.69. The van der Waals surface area contributed by atoms with Crippen molar-refractivity contribution in [3.8, 4) is 17.2 Å². The minimum Gasteiger partial charge on any atom is -0.379 e. The maximum atomic E-state index is 14.1. The van der Waals surface area contributed by atoms with Crippen molar-refractivity contribution in [1.82, 2.24) is 10.2 Å². The number of halogens is 3. The van der Waals surface area contributed by atoms with Gasteiger partial charge in [-0.05, 0) is 78.6 Å². The van der Waals surface area contributed by atoms with Gasteiger partial charge < -0.3 is 20.6 Å². The number of Topliss-reactive ketones (excluding diaryl/α,β-unsaturated/α-hetero) is 1. The van der Waals surface area contributed by atoms with Crippen molar-refractivity contribution in [2.75, 3.05) is 31.5 Å². The Kier molecular flexibility index (Phi) is 10.9. The van der Waals surface area contributed by atoms with Crippen LogP contribution < -0.4 is 10.6 Å². The van der Waals surface area contributed by atoms with Crippen molar-refractivity contribution in [1.29, 1.82) is 5.26 Å². The number of alkyl halides is 3. The fraction of sp³-hybridized carbons (Fsp3) is 0.317. The van der Waals surface area contributed by atoms with Crippen molar-refractivity contribution >= 4 is 23.3 Å². The minimum atomic E-state index is -4.83. The lowest BCUT2D eigenvalue weighted by Crippen LogP contribution is -2.52. The summed E-state index contributed by atoms with van der Waals surface area (Å²) in [5, 5.41) is 27.4. The number of benzene rings is 4. The molecule has 1 saturated heterocycles. The molecule has 1 saturated carbocycles. The quantitative estimate of drug-likeness (QED) is 0.163. The van der Waals surface area contributed by atoms with Crippen molar-refractivity contribution in [2.45, 2.75) is 43.9 Å². The Bertz CT molecular complexity index is 1980. The summed E-state index contributed by atoms with van der Waals surface area (Å²) in [6.07, 6.45) is -3.46. The molecule has 0 bridgehead atoms. The number of rotatable bonds is 9. The van der Waals surface area contributed by atoms with Gasteiger partial charge in [0, 0.05) is 55.3 Å². The molecule has 3 N–H and O–H groups in total. The summed E-state index contributed by atoms with van der Waals surface area (Å²) in [5.74, 6) is -1.86. The topological polar surface area (TPSA) is 123 Å². The van der Waals surface area contributed by atoms with Crippen LogP contribution in [0.25, 0.3) is 11.1 Å². The highest BCUT2D eigenvalue weighted by molar-refractivity contribution is 5.99. The first kappa shape index (κ1) is 36.5. The van der Waals surface area contributed by atoms with Gasteiger partial charge in [0.2, 0.25) is 0 Å². The van der Waals surface area contributed by atoms with Crippen molar-refractivity contribution in [2.24, 2.45) is 11.8 Å². The van der Waals surface area contributed by atoms with E-state index in [1.807, 2.05) is 36.4 Å². The largest absolute Gasteiger partial charge is 0.417 e. The van der Waals surface area contributed by atoms with Crippen molar-refractivity contribution in [3.05, 3.63) is 125 Å². The van der Waals surface area contributed by atoms with Gasteiger partial charge >= 0.3 is 6.18 Å². The third-order valence-electron chi connectivity index (χ3n) is 10.2. The van der Waals surface area contributed by atoms with Crippen LogP contribution in [0.4, 0.5) is 18.9 Å². The summed E-state index contributed by atoms with van der Waals surface area (Å²) in [6, 6.07) is 27.9. The molecule has 2 aliphatic rings. The van der Waals surface area contributed by atoms with Gasteiger partial charge in [-0.15, -0.1) is 0 Å². The zero-order valence-corrected chi connectivity index (χ0v) is 28.5. The number of nitriles is 1. The van der Waals surface area contributed by atoms with E-state index in [2.05, 4.69) is 10.6 Å². The van der Waals surface area contributed by atoms with Crippen LogP contribution in [0.5, 0.6) is 0 Å². The normalized spacial score (nSPS) is 18.9. The first-order valence-electron chi connectivity index (χ1n) is 17.4. The molecule has 1 aliphatic heterocycles. The van der Waals surface area contributed by atoms with Crippen LogP contribution in [0.1, 0.15) is 63.1 Å². The zero-order chi connectivity index (χ0) is 36.9. The third kappa shape index (κ3) is 8.09. The highest BCUT2D eigenvalue weighted by atomic mass is 19.4. The number of aliphatic hydroxyl groups is 1. The number of hydrogen-bond acceptors (Lipinski definition) is 6. The van der Waals surface area contributed by atoms with E-state index in [0.717, 1.165) is 30.3 Å². The number of carbonyl (C=O) groups excluding carboxylic acids is 3. The van der Waals surface area contributed by atoms with E-state index in [-0.39, 0.29) is 29.7 Å². The SMILES string of the molecule is N#Cc1ccc(NC(=O)C(O)(Cc2cccc(-c3cccc(C(=O)N4CCNCC4)c3)c2)C2CCC(C(=O)c3ccccc3)CC2)cc1C(F)(F)F. The van der Waals surface area contributed by atoms with Crippen LogP contribution in [0.3, 0.4) is 0 Å². The van der Waals surface area contributed by atoms with E-state index in [4.69, 9.17) is 0 Å². The highest BCUT2D eigenvalue weighted by Gasteiger charge is 2.46. The van der Waals surface area contributed by atoms with Gasteiger partial charge in [0.1, 0.15) is 5.60 Å². The molecular weight excluding hydrogens is 669 g/mol. The first-order chi connectivity index (χ1) is 25.0. The predicted molar refractivity (Wildman–Crippen MR) is 190 cm³/mol. The Labute approximate surface area is 300 Å². The van der Waals surface area contributed by atoms with Crippen molar-refractivity contribution in [3.63, 3.8) is 0 Å². The molecule has 0 aromatic heterocycles. The van der Waals surface area contributed by atoms with Gasteiger partial charge in [-0.1, -0.05) is 66.7 Å². The fourth-order valence-electron chi connectivity index (χ4n) is 7.33. The summed E-state index contributed by atoms with van der Waals surface area (Å²) < 4.78 is 41.3. The van der Waals surface area contributed by atoms with Gasteiger partial charge in [0.05, 0.1) is 17.2 Å². The van der Waals surface area contributed by atoms with Crippen LogP contribution in [-0.4, -0.2) is 59.4 Å². The molecule has 11 heteroatoms. The maximum absolute atomic E-state index is 14.1. The van der Waals surface area contributed by atoms with Crippen LogP contribution >= 0.6 is 0 Å². The number of ketones is 1. The Hall–Kier alpha value is -5.31. The standard InChI is InChI=1S/C41H39F3N4O4/c42-41(43,44)36-24-35(17-14-33(36)26-45)47-39(51)40(52,34-15-12-29(13-16-34)37(49)28-7-2-1-3-8-28)25-27-6-4-9-30(22-27)31-10-5-11-32(23-31)38(50)48-20-18-46-19-21-48/h1-11,14,17,22-24,29,34,46,52H,12-13,15-16,18-21,25H2,(H,47,51). The molecule has 4 aromatic carbocycles. The monoisotopic (exact) mass is 708 g/mol. The molecule has 0 spiro atoms. The predicted octanol–water partition coefficient (Wildman–Crippen LogP) is 6.89. The second-order valence-corrected chi connectivity index (χ2v) is 13.5. The second-order valence-electron chi connectivity index (χ2n) is 13.5. The molecule has 1 aliphatic carbocycles. The van der Waals surface area contributed by atoms with Crippen LogP contribution in [0, 0.1) is 23.2 Å². The molecule has 6 rings (SSSR count). The Morgan fingerprint density at radius 3 is 2.15 bits per heavy atom. The van der Waals surface area contributed by atoms with Gasteiger partial charge in [0.15, 0.2) is 5.78 Å². The second kappa shape index (κ2) is 15.5. The summed E-state index contributed by atoms with van der Waals surface area (Å²) in [6.45, 7) is 2.68. The molecule has 2 fully saturated rings. The number of hydrogen-bond donors (Lipinski definition) is 3. The number of piperazine rings is 1. The highest BCUT2D eigenvalue weighted by Crippen LogP contribution is 2.40. The van der Waals surface area contributed by atoms with E-state index in [9.17, 15) is 37.9 Å². The molecule has 52 heavy (non-hydrogen) atoms. The smallest absolute Gasteiger partial charge is 0.379 e. The van der Waals surface area contributed by atoms with Gasteiger partial charge in [-0.25, -0.2) is 0 Å². The zero-order valence-electron chi connectivity index (χ0n) is 28.5. The Morgan fingerprint density at radius 1 is 0.827 bits per heavy atom. The van der Waals surface area contributed by atoms with Crippen molar-refractivity contribution < 1.29 is 32.7 Å². The van der Waals surface area contributed by atoms with Gasteiger partial charge in [0.25, 0.3) is 11.8 Å². The Balaban J connectivity index is 1.28. The number of amides is 2. The van der Waals surface area contributed by atoms with E-state index < -0.39 is 34.7 Å². The molecule has 2 amide bonds. The number of nitrogens with one attached hydrogen (secondary N) is 2. The molecule has 268 valence electrons. The van der Waals surface area contributed by atoms with Gasteiger partial charge in [-0.2, -0.15) is 18.4 Å². The molecule has 1 heterocycles. The molecule has 0 radical (unpaired) electrons. The molecular formula is C41H39F3N4O4. The molecule has 1 atom stereocenters. The van der Waals surface area contributed by atoms with Crippen LogP contribution in [-0.2, 0) is 17.4 Å². The summed E-state index contributed by atoms with van der Waals surface area (Å²) in [5.41, 5.74) is -0.776. The summed E-state index contributed by atoms with van der Waals surface area (Å²) >= 11 is 0. The van der Waals surface area contributed by atoms with Gasteiger partial charge in [-0.3, -0.25) is 14.4 Å². The number of anilines is 1. The van der Waals surface area contributed by atoms with E-state index in [1.54, 1.807) is 47.4 Å². The van der Waals surface area contributed by atoms with E-state index >= 15 is 0 Å². The third-order valence-corrected chi connectivity index (χ3v) is 10.2. The number of carbonyl (C=O) groups is 3. The number of nitrogens with zero attached hydrogens (tertiary/aromatic N) is 2. The van der Waals surface area contributed by atoms with Crippen LogP contribution in [0.2, 0.25) is 0 Å². The lowest BCUT2D eigenvalue weighted by molar-refractivity contribution is -0.142. The van der Waals surface area contributed by atoms with E-state index in [1.165, 1.54) is 12.1 Å². The molecule has 8 nitrogen and oxygen atoms in total. The molecule has 4 aromatic rings. The average molecular weight is 709 g/mol. The Morgan fingerprint density at radius 2 is 1.48 bits per heavy atom. The van der Waals surface area contributed by atoms with E-state index in [0.29, 0.717) is 61.5 Å². The van der Waals surface area contributed by atoms with Crippen LogP contribution in [0.15, 0.2) is 97.1 Å². The minimum absolute atomic E-state index is 0.00493. The first-order valence-corrected chi connectivity index (χ1v) is 17.4. The average Bonchev–Trinajstić information content (AvgIpc) is 3.17. The lowest BCUT2D eigenvalue weighted by Gasteiger charge is -2.39. The molecule has 1 unspecified atom stereocenters. The fourth-order valence-corrected chi connectivity index (χ4v) is 7.33.